The SMILES string of the molecule is CC(C)(C)Oc1ccc([I-]c2ccccc2)cc1. The van der Waals surface area contributed by atoms with E-state index in [-0.39, 0.29) is 26.8 Å². The molecule has 2 aromatic rings. The molecule has 2 heteroatoms. The number of rotatable bonds is 3. The minimum atomic E-state index is -0.129. The molecule has 0 heterocycles. The van der Waals surface area contributed by atoms with E-state index < -0.39 is 0 Å². The number of hydrogen-bond donors (Lipinski definition) is 0. The summed E-state index contributed by atoms with van der Waals surface area (Å²) in [5.74, 6) is 0.948. The second kappa shape index (κ2) is 5.74. The van der Waals surface area contributed by atoms with Crippen LogP contribution in [0.3, 0.4) is 0 Å². The van der Waals surface area contributed by atoms with Gasteiger partial charge in [0.2, 0.25) is 0 Å². The van der Waals surface area contributed by atoms with E-state index in [4.69, 9.17) is 4.74 Å². The van der Waals surface area contributed by atoms with Crippen LogP contribution in [0.15, 0.2) is 54.6 Å². The molecule has 0 spiro atoms. The van der Waals surface area contributed by atoms with Crippen molar-refractivity contribution >= 4 is 0 Å². The summed E-state index contributed by atoms with van der Waals surface area (Å²) < 4.78 is 8.68. The van der Waals surface area contributed by atoms with E-state index in [9.17, 15) is 0 Å². The molecule has 0 amide bonds. The number of benzene rings is 2. The van der Waals surface area contributed by atoms with Gasteiger partial charge in [0, 0.05) is 0 Å². The van der Waals surface area contributed by atoms with Crippen LogP contribution in [-0.4, -0.2) is 5.60 Å². The fraction of sp³-hybridized carbons (Fsp3) is 0.250. The van der Waals surface area contributed by atoms with Crippen molar-refractivity contribution in [1.29, 1.82) is 0 Å². The van der Waals surface area contributed by atoms with E-state index in [0.717, 1.165) is 5.75 Å². The predicted molar refractivity (Wildman–Crippen MR) is 70.7 cm³/mol. The van der Waals surface area contributed by atoms with Gasteiger partial charge >= 0.3 is 120 Å². The van der Waals surface area contributed by atoms with Gasteiger partial charge in [0.05, 0.1) is 0 Å². The first-order valence-corrected chi connectivity index (χ1v) is 8.18. The Labute approximate surface area is 119 Å². The van der Waals surface area contributed by atoms with Crippen molar-refractivity contribution in [2.45, 2.75) is 26.4 Å². The number of ether oxygens (including phenoxy) is 1. The summed E-state index contributed by atoms with van der Waals surface area (Å²) in [5, 5.41) is 0. The van der Waals surface area contributed by atoms with Crippen LogP contribution < -0.4 is 25.9 Å². The van der Waals surface area contributed by atoms with Crippen molar-refractivity contribution in [3.8, 4) is 5.75 Å². The quantitative estimate of drug-likeness (QED) is 0.748. The summed E-state index contributed by atoms with van der Waals surface area (Å²) in [6.07, 6.45) is 0. The summed E-state index contributed by atoms with van der Waals surface area (Å²) >= 11 is -0.0737. The van der Waals surface area contributed by atoms with Gasteiger partial charge in [0.1, 0.15) is 0 Å². The van der Waals surface area contributed by atoms with Crippen LogP contribution in [0.1, 0.15) is 20.8 Å². The zero-order chi connectivity index (χ0) is 13.0. The Morgan fingerprint density at radius 3 is 1.89 bits per heavy atom. The normalized spacial score (nSPS) is 11.5. The number of hydrogen-bond acceptors (Lipinski definition) is 1. The maximum atomic E-state index is 5.82. The van der Waals surface area contributed by atoms with E-state index in [1.807, 2.05) is 0 Å². The Hall–Kier alpha value is -1.03. The zero-order valence-corrected chi connectivity index (χ0v) is 13.1. The van der Waals surface area contributed by atoms with E-state index in [2.05, 4.69) is 75.4 Å². The van der Waals surface area contributed by atoms with Crippen molar-refractivity contribution in [3.05, 3.63) is 61.7 Å². The zero-order valence-electron chi connectivity index (χ0n) is 11.0. The standard InChI is InChI=1S/C16H18IO/c1-16(2,3)18-15-11-9-14(10-12-15)17-13-7-5-4-6-8-13/h4-12H,1-3H3/q-1. The van der Waals surface area contributed by atoms with Gasteiger partial charge in [0.25, 0.3) is 0 Å². The van der Waals surface area contributed by atoms with E-state index in [1.54, 1.807) is 0 Å². The molecule has 0 saturated heterocycles. The molecular formula is C16H18IO-. The molecule has 18 heavy (non-hydrogen) atoms. The van der Waals surface area contributed by atoms with Crippen molar-refractivity contribution in [3.63, 3.8) is 0 Å². The molecular weight excluding hydrogens is 335 g/mol. The molecule has 0 radical (unpaired) electrons. The third-order valence-corrected chi connectivity index (χ3v) is 4.87. The first kappa shape index (κ1) is 13.4. The second-order valence-corrected chi connectivity index (χ2v) is 8.09. The van der Waals surface area contributed by atoms with Crippen LogP contribution in [0.25, 0.3) is 0 Å². The van der Waals surface area contributed by atoms with Gasteiger partial charge < -0.3 is 0 Å². The van der Waals surface area contributed by atoms with Crippen molar-refractivity contribution in [2.24, 2.45) is 0 Å². The fourth-order valence-corrected chi connectivity index (χ4v) is 3.74. The van der Waals surface area contributed by atoms with Gasteiger partial charge in [-0.3, -0.25) is 0 Å². The van der Waals surface area contributed by atoms with Gasteiger partial charge in [-0.05, 0) is 0 Å². The second-order valence-electron chi connectivity index (χ2n) is 5.06. The van der Waals surface area contributed by atoms with Crippen LogP contribution in [0.5, 0.6) is 5.75 Å². The maximum absolute atomic E-state index is 5.82. The summed E-state index contributed by atoms with van der Waals surface area (Å²) in [7, 11) is 0. The van der Waals surface area contributed by atoms with Gasteiger partial charge in [0.15, 0.2) is 0 Å². The first-order chi connectivity index (χ1) is 8.53. The molecule has 0 N–H and O–H groups in total. The van der Waals surface area contributed by atoms with Gasteiger partial charge in [-0.15, -0.1) is 0 Å². The topological polar surface area (TPSA) is 9.23 Å². The van der Waals surface area contributed by atoms with Crippen LogP contribution in [0, 0.1) is 7.14 Å². The molecule has 1 nitrogen and oxygen atoms in total. The van der Waals surface area contributed by atoms with Crippen molar-refractivity contribution in [2.75, 3.05) is 0 Å². The van der Waals surface area contributed by atoms with Crippen LogP contribution in [0.4, 0.5) is 0 Å². The molecule has 0 atom stereocenters. The average Bonchev–Trinajstić information content (AvgIpc) is 2.31. The monoisotopic (exact) mass is 353 g/mol. The Bertz CT molecular complexity index is 483. The Kier molecular flexibility index (Phi) is 4.27. The molecule has 96 valence electrons. The Balaban J connectivity index is 2.04. The van der Waals surface area contributed by atoms with Crippen molar-refractivity contribution in [1.82, 2.24) is 0 Å². The van der Waals surface area contributed by atoms with Crippen molar-refractivity contribution < 1.29 is 25.9 Å². The fourth-order valence-electron chi connectivity index (χ4n) is 1.52. The third-order valence-electron chi connectivity index (χ3n) is 2.19. The van der Waals surface area contributed by atoms with E-state index in [0.29, 0.717) is 0 Å². The minimum absolute atomic E-state index is 0.0737. The molecule has 0 aliphatic rings. The molecule has 0 aliphatic heterocycles. The molecule has 0 aromatic heterocycles. The molecule has 2 aromatic carbocycles. The molecule has 0 bridgehead atoms. The summed E-state index contributed by atoms with van der Waals surface area (Å²) in [6.45, 7) is 6.20. The van der Waals surface area contributed by atoms with Gasteiger partial charge in [-0.25, -0.2) is 0 Å². The first-order valence-electron chi connectivity index (χ1n) is 6.02. The number of halogens is 1. The predicted octanol–water partition coefficient (Wildman–Crippen LogP) is 0.992. The summed E-state index contributed by atoms with van der Waals surface area (Å²) in [5.41, 5.74) is -0.129. The van der Waals surface area contributed by atoms with Crippen LogP contribution >= 0.6 is 0 Å². The molecule has 0 aliphatic carbocycles. The van der Waals surface area contributed by atoms with E-state index >= 15 is 0 Å². The van der Waals surface area contributed by atoms with Gasteiger partial charge in [-0.2, -0.15) is 0 Å². The van der Waals surface area contributed by atoms with Crippen LogP contribution in [0.2, 0.25) is 0 Å². The van der Waals surface area contributed by atoms with E-state index in [1.165, 1.54) is 7.14 Å². The molecule has 0 unspecified atom stereocenters. The third kappa shape index (κ3) is 4.33. The molecule has 0 fully saturated rings. The molecule has 0 saturated carbocycles. The van der Waals surface area contributed by atoms with Crippen LogP contribution in [-0.2, 0) is 0 Å². The Morgan fingerprint density at radius 1 is 0.778 bits per heavy atom. The molecule has 2 rings (SSSR count). The summed E-state index contributed by atoms with van der Waals surface area (Å²) in [6, 6.07) is 19.2. The summed E-state index contributed by atoms with van der Waals surface area (Å²) in [4.78, 5) is 0. The average molecular weight is 353 g/mol. The van der Waals surface area contributed by atoms with Gasteiger partial charge in [-0.1, -0.05) is 0 Å². The Morgan fingerprint density at radius 2 is 1.33 bits per heavy atom.